The Kier molecular flexibility index (Phi) is 31.8. The number of aliphatic hydroxyl groups is 5. The minimum Gasteiger partial charge on any atom is -0.462 e. The lowest BCUT2D eigenvalue weighted by molar-refractivity contribution is -0.220. The summed E-state index contributed by atoms with van der Waals surface area (Å²) in [7, 11) is -5.10. The van der Waals surface area contributed by atoms with Crippen molar-refractivity contribution in [1.82, 2.24) is 0 Å². The molecule has 1 saturated carbocycles. The molecule has 0 aromatic carbocycles. The second kappa shape index (κ2) is 33.7. The summed E-state index contributed by atoms with van der Waals surface area (Å²) in [4.78, 5) is 35.5. The molecule has 56 heavy (non-hydrogen) atoms. The molecule has 6 unspecified atom stereocenters. The van der Waals surface area contributed by atoms with E-state index in [1.54, 1.807) is 0 Å². The predicted octanol–water partition coefficient (Wildman–Crippen LogP) is 8.11. The van der Waals surface area contributed by atoms with Gasteiger partial charge in [-0.1, -0.05) is 174 Å². The maximum Gasteiger partial charge on any atom is 0.472 e. The van der Waals surface area contributed by atoms with Crippen molar-refractivity contribution in [3.63, 3.8) is 0 Å². The van der Waals surface area contributed by atoms with Crippen LogP contribution in [0.5, 0.6) is 0 Å². The van der Waals surface area contributed by atoms with E-state index in [0.717, 1.165) is 38.5 Å². The zero-order valence-corrected chi connectivity index (χ0v) is 35.8. The Labute approximate surface area is 338 Å². The molecule has 1 fully saturated rings. The molecule has 13 nitrogen and oxygen atoms in total. The number of carbonyl (C=O) groups is 2. The van der Waals surface area contributed by atoms with Gasteiger partial charge in [-0.3, -0.25) is 18.6 Å². The zero-order chi connectivity index (χ0) is 41.4. The van der Waals surface area contributed by atoms with Gasteiger partial charge in [0.15, 0.2) is 6.10 Å². The number of unbranched alkanes of at least 4 members (excludes halogenated alkanes) is 25. The minimum absolute atomic E-state index is 0.105. The number of rotatable bonds is 37. The molecule has 6 N–H and O–H groups in total. The van der Waals surface area contributed by atoms with Crippen molar-refractivity contribution in [3.8, 4) is 0 Å². The first-order valence-corrected chi connectivity index (χ1v) is 23.8. The van der Waals surface area contributed by atoms with Crippen LogP contribution < -0.4 is 0 Å². The van der Waals surface area contributed by atoms with Crippen LogP contribution >= 0.6 is 7.82 Å². The Morgan fingerprint density at radius 1 is 0.482 bits per heavy atom. The first-order chi connectivity index (χ1) is 26.9. The number of ether oxygens (including phenoxy) is 2. The molecule has 14 heteroatoms. The molecule has 6 atom stereocenters. The highest BCUT2D eigenvalue weighted by Crippen LogP contribution is 2.47. The van der Waals surface area contributed by atoms with Crippen LogP contribution in [0.3, 0.4) is 0 Å². The minimum atomic E-state index is -5.10. The molecule has 332 valence electrons. The van der Waals surface area contributed by atoms with Gasteiger partial charge < -0.3 is 39.9 Å². The lowest BCUT2D eigenvalue weighted by Gasteiger charge is -2.41. The summed E-state index contributed by atoms with van der Waals surface area (Å²) in [5.74, 6) is -1.09. The molecule has 0 aliphatic heterocycles. The van der Waals surface area contributed by atoms with E-state index in [0.29, 0.717) is 12.8 Å². The van der Waals surface area contributed by atoms with E-state index in [2.05, 4.69) is 13.8 Å². The van der Waals surface area contributed by atoms with Crippen molar-refractivity contribution in [1.29, 1.82) is 0 Å². The molecule has 0 radical (unpaired) electrons. The second-order valence-electron chi connectivity index (χ2n) is 15.9. The number of hydrogen-bond donors (Lipinski definition) is 6. The third-order valence-corrected chi connectivity index (χ3v) is 11.7. The van der Waals surface area contributed by atoms with Crippen LogP contribution in [0.15, 0.2) is 0 Å². The largest absolute Gasteiger partial charge is 0.472 e. The average Bonchev–Trinajstić information content (AvgIpc) is 3.18. The van der Waals surface area contributed by atoms with E-state index in [4.69, 9.17) is 18.5 Å². The third kappa shape index (κ3) is 26.1. The average molecular weight is 825 g/mol. The molecule has 1 aliphatic carbocycles. The number of phosphoric ester groups is 1. The first-order valence-electron chi connectivity index (χ1n) is 22.3. The Morgan fingerprint density at radius 3 is 1.18 bits per heavy atom. The lowest BCUT2D eigenvalue weighted by atomic mass is 9.85. The molecule has 0 saturated heterocycles. The summed E-state index contributed by atoms with van der Waals surface area (Å²) >= 11 is 0. The van der Waals surface area contributed by atoms with E-state index < -0.39 is 75.7 Å². The Bertz CT molecular complexity index is 1000. The molecule has 0 bridgehead atoms. The van der Waals surface area contributed by atoms with Gasteiger partial charge in [-0.05, 0) is 12.8 Å². The van der Waals surface area contributed by atoms with Gasteiger partial charge in [0.05, 0.1) is 6.61 Å². The summed E-state index contributed by atoms with van der Waals surface area (Å²) in [6, 6.07) is 0. The monoisotopic (exact) mass is 825 g/mol. The van der Waals surface area contributed by atoms with Gasteiger partial charge >= 0.3 is 19.8 Å². The van der Waals surface area contributed by atoms with E-state index in [9.17, 15) is 44.6 Å². The SMILES string of the molecule is CCCCCCCCCCCCCCCCCCCCC(=O)OC(COC(=O)CCCCCCCCCCC)COP(=O)(O)OC1C(O)C(O)C(O)C(O)C1O. The highest BCUT2D eigenvalue weighted by Gasteiger charge is 2.51. The van der Waals surface area contributed by atoms with Crippen molar-refractivity contribution in [3.05, 3.63) is 0 Å². The van der Waals surface area contributed by atoms with Gasteiger partial charge in [0.25, 0.3) is 0 Å². The fraction of sp³-hybridized carbons (Fsp3) is 0.952. The zero-order valence-electron chi connectivity index (χ0n) is 34.9. The third-order valence-electron chi connectivity index (χ3n) is 10.7. The molecule has 1 rings (SSSR count). The summed E-state index contributed by atoms with van der Waals surface area (Å²) in [6.45, 7) is 3.28. The Balaban J connectivity index is 2.42. The standard InChI is InChI=1S/C42H81O13P/c1-3-5-7-9-11-13-14-15-16-17-18-19-20-21-23-25-27-29-31-36(44)54-34(32-52-35(43)30-28-26-24-22-12-10-8-6-4-2)33-53-56(50,51)55-42-40(48)38(46)37(45)39(47)41(42)49/h34,37-42,45-49H,3-33H2,1-2H3,(H,50,51). The quantitative estimate of drug-likeness (QED) is 0.0199. The molecular formula is C42H81O13P. The molecule has 0 aromatic heterocycles. The van der Waals surface area contributed by atoms with Gasteiger partial charge in [0.1, 0.15) is 43.2 Å². The van der Waals surface area contributed by atoms with E-state index in [-0.39, 0.29) is 12.8 Å². The van der Waals surface area contributed by atoms with Crippen LogP contribution in [0.25, 0.3) is 0 Å². The van der Waals surface area contributed by atoms with Gasteiger partial charge in [0, 0.05) is 12.8 Å². The fourth-order valence-corrected chi connectivity index (χ4v) is 8.03. The van der Waals surface area contributed by atoms with Crippen LogP contribution in [-0.2, 0) is 32.7 Å². The smallest absolute Gasteiger partial charge is 0.462 e. The topological polar surface area (TPSA) is 210 Å². The maximum atomic E-state index is 12.8. The predicted molar refractivity (Wildman–Crippen MR) is 217 cm³/mol. The highest BCUT2D eigenvalue weighted by molar-refractivity contribution is 7.47. The maximum absolute atomic E-state index is 12.8. The number of carbonyl (C=O) groups excluding carboxylic acids is 2. The van der Waals surface area contributed by atoms with Gasteiger partial charge in [0.2, 0.25) is 0 Å². The molecule has 0 aromatic rings. The molecule has 0 spiro atoms. The van der Waals surface area contributed by atoms with Crippen molar-refractivity contribution < 1.29 is 63.1 Å². The summed E-state index contributed by atoms with van der Waals surface area (Å²) < 4.78 is 33.4. The van der Waals surface area contributed by atoms with Crippen LogP contribution in [0.2, 0.25) is 0 Å². The van der Waals surface area contributed by atoms with Gasteiger partial charge in [-0.25, -0.2) is 4.57 Å². The van der Waals surface area contributed by atoms with E-state index in [1.807, 2.05) is 0 Å². The normalized spacial score (nSPS) is 22.8. The van der Waals surface area contributed by atoms with Gasteiger partial charge in [-0.15, -0.1) is 0 Å². The highest BCUT2D eigenvalue weighted by atomic mass is 31.2. The molecule has 0 heterocycles. The second-order valence-corrected chi connectivity index (χ2v) is 17.3. The van der Waals surface area contributed by atoms with Crippen LogP contribution in [0.1, 0.15) is 200 Å². The van der Waals surface area contributed by atoms with Gasteiger partial charge in [-0.2, -0.15) is 0 Å². The van der Waals surface area contributed by atoms with Crippen LogP contribution in [0, 0.1) is 0 Å². The lowest BCUT2D eigenvalue weighted by Crippen LogP contribution is -2.64. The van der Waals surface area contributed by atoms with E-state index >= 15 is 0 Å². The molecule has 0 amide bonds. The number of hydrogen-bond acceptors (Lipinski definition) is 12. The summed E-state index contributed by atoms with van der Waals surface area (Å²) in [5.41, 5.74) is 0. The number of aliphatic hydroxyl groups excluding tert-OH is 5. The Hall–Kier alpha value is -1.15. The number of esters is 2. The van der Waals surface area contributed by atoms with Crippen molar-refractivity contribution in [2.45, 2.75) is 243 Å². The Morgan fingerprint density at radius 2 is 0.804 bits per heavy atom. The van der Waals surface area contributed by atoms with Crippen LogP contribution in [0.4, 0.5) is 0 Å². The summed E-state index contributed by atoms with van der Waals surface area (Å²) in [5, 5.41) is 50.0. The van der Waals surface area contributed by atoms with Crippen molar-refractivity contribution in [2.24, 2.45) is 0 Å². The van der Waals surface area contributed by atoms with Crippen molar-refractivity contribution in [2.75, 3.05) is 13.2 Å². The fourth-order valence-electron chi connectivity index (χ4n) is 7.05. The van der Waals surface area contributed by atoms with E-state index in [1.165, 1.54) is 122 Å². The van der Waals surface area contributed by atoms with Crippen LogP contribution in [-0.4, -0.2) is 98.3 Å². The van der Waals surface area contributed by atoms with Crippen molar-refractivity contribution >= 4 is 19.8 Å². The first kappa shape index (κ1) is 52.9. The number of phosphoric acid groups is 1. The summed E-state index contributed by atoms with van der Waals surface area (Å²) in [6.07, 6.45) is 18.9. The molecular weight excluding hydrogens is 743 g/mol. The molecule has 1 aliphatic rings.